The van der Waals surface area contributed by atoms with Gasteiger partial charge in [0.05, 0.1) is 23.0 Å². The van der Waals surface area contributed by atoms with E-state index in [1.807, 2.05) is 13.8 Å². The third-order valence-corrected chi connectivity index (χ3v) is 3.47. The van der Waals surface area contributed by atoms with E-state index in [-0.39, 0.29) is 16.6 Å². The molecular weight excluding hydrogens is 328 g/mol. The van der Waals surface area contributed by atoms with Gasteiger partial charge in [0.1, 0.15) is 11.6 Å². The molecule has 0 unspecified atom stereocenters. The van der Waals surface area contributed by atoms with Gasteiger partial charge in [0, 0.05) is 24.3 Å². The van der Waals surface area contributed by atoms with Gasteiger partial charge in [0.15, 0.2) is 0 Å². The summed E-state index contributed by atoms with van der Waals surface area (Å²) in [6.07, 6.45) is 3.37. The van der Waals surface area contributed by atoms with E-state index in [0.717, 1.165) is 5.69 Å². The Labute approximate surface area is 125 Å². The Balaban J connectivity index is 2.13. The molecule has 1 N–H and O–H groups in total. The third kappa shape index (κ3) is 3.64. The largest absolute Gasteiger partial charge is 0.333 e. The molecule has 0 spiro atoms. The Morgan fingerprint density at radius 1 is 1.35 bits per heavy atom. The zero-order valence-corrected chi connectivity index (χ0v) is 12.9. The summed E-state index contributed by atoms with van der Waals surface area (Å²) in [5, 5.41) is 3.24. The van der Waals surface area contributed by atoms with Gasteiger partial charge in [-0.05, 0) is 28.1 Å². The first-order valence-corrected chi connectivity index (χ1v) is 7.13. The molecule has 1 aromatic heterocycles. The summed E-state index contributed by atoms with van der Waals surface area (Å²) in [5.41, 5.74) is 0.870. The molecule has 2 aromatic rings. The lowest BCUT2D eigenvalue weighted by atomic mass is 10.2. The number of imidazole rings is 1. The summed E-state index contributed by atoms with van der Waals surface area (Å²) < 4.78 is 29.5. The minimum absolute atomic E-state index is 0.0279. The molecule has 1 heterocycles. The van der Waals surface area contributed by atoms with Crippen molar-refractivity contribution in [1.82, 2.24) is 14.9 Å². The van der Waals surface area contributed by atoms with Crippen molar-refractivity contribution in [2.24, 2.45) is 0 Å². The molecule has 3 nitrogen and oxygen atoms in total. The van der Waals surface area contributed by atoms with Gasteiger partial charge in [-0.1, -0.05) is 13.8 Å². The van der Waals surface area contributed by atoms with Crippen LogP contribution in [0.5, 0.6) is 0 Å². The van der Waals surface area contributed by atoms with E-state index in [1.165, 1.54) is 12.1 Å². The Morgan fingerprint density at radius 2 is 2.10 bits per heavy atom. The average Bonchev–Trinajstić information content (AvgIpc) is 2.85. The molecule has 20 heavy (non-hydrogen) atoms. The molecule has 0 saturated heterocycles. The van der Waals surface area contributed by atoms with Crippen LogP contribution < -0.4 is 5.32 Å². The summed E-state index contributed by atoms with van der Waals surface area (Å²) in [5.74, 6) is -1.12. The average molecular weight is 344 g/mol. The third-order valence-electron chi connectivity index (χ3n) is 2.86. The second-order valence-electron chi connectivity index (χ2n) is 4.89. The molecule has 0 saturated carbocycles. The Hall–Kier alpha value is -1.27. The first kappa shape index (κ1) is 15.1. The van der Waals surface area contributed by atoms with Crippen molar-refractivity contribution in [3.05, 3.63) is 52.0 Å². The second-order valence-corrected chi connectivity index (χ2v) is 5.75. The number of nitrogens with one attached hydrogen (secondary N) is 1. The van der Waals surface area contributed by atoms with E-state index < -0.39 is 11.6 Å². The molecule has 1 aromatic carbocycles. The number of hydrogen-bond acceptors (Lipinski definition) is 2. The van der Waals surface area contributed by atoms with Gasteiger partial charge >= 0.3 is 0 Å². The van der Waals surface area contributed by atoms with Crippen LogP contribution in [0.2, 0.25) is 0 Å². The zero-order chi connectivity index (χ0) is 14.7. The van der Waals surface area contributed by atoms with Gasteiger partial charge in [-0.2, -0.15) is 0 Å². The number of aromatic nitrogens is 2. The summed E-state index contributed by atoms with van der Waals surface area (Å²) >= 11 is 3.06. The SMILES string of the molecule is CC(C)NCc1cn(Cc2c(F)ccc(Br)c2F)cn1. The highest BCUT2D eigenvalue weighted by atomic mass is 79.9. The van der Waals surface area contributed by atoms with Crippen LogP contribution in [0, 0.1) is 11.6 Å². The molecule has 0 bridgehead atoms. The van der Waals surface area contributed by atoms with Gasteiger partial charge in [-0.3, -0.25) is 0 Å². The predicted molar refractivity (Wildman–Crippen MR) is 77.4 cm³/mol. The summed E-state index contributed by atoms with van der Waals surface area (Å²) in [6.45, 7) is 4.84. The topological polar surface area (TPSA) is 29.9 Å². The maximum absolute atomic E-state index is 13.9. The number of halogens is 3. The Kier molecular flexibility index (Phi) is 4.88. The van der Waals surface area contributed by atoms with Crippen LogP contribution in [0.25, 0.3) is 0 Å². The van der Waals surface area contributed by atoms with Crippen LogP contribution in [0.4, 0.5) is 8.78 Å². The van der Waals surface area contributed by atoms with E-state index in [4.69, 9.17) is 0 Å². The van der Waals surface area contributed by atoms with Gasteiger partial charge in [0.25, 0.3) is 0 Å². The normalized spacial score (nSPS) is 11.3. The molecule has 0 aliphatic rings. The van der Waals surface area contributed by atoms with E-state index in [2.05, 4.69) is 26.2 Å². The molecule has 0 radical (unpaired) electrons. The molecule has 2 rings (SSSR count). The number of rotatable bonds is 5. The van der Waals surface area contributed by atoms with Crippen LogP contribution >= 0.6 is 15.9 Å². The zero-order valence-electron chi connectivity index (χ0n) is 11.3. The molecule has 0 aliphatic carbocycles. The fourth-order valence-corrected chi connectivity index (χ4v) is 2.16. The van der Waals surface area contributed by atoms with Gasteiger partial charge in [-0.25, -0.2) is 13.8 Å². The van der Waals surface area contributed by atoms with Crippen molar-refractivity contribution < 1.29 is 8.78 Å². The van der Waals surface area contributed by atoms with Crippen LogP contribution in [0.3, 0.4) is 0 Å². The van der Waals surface area contributed by atoms with Crippen molar-refractivity contribution in [2.45, 2.75) is 33.0 Å². The first-order chi connectivity index (χ1) is 9.47. The highest BCUT2D eigenvalue weighted by Crippen LogP contribution is 2.22. The summed E-state index contributed by atoms with van der Waals surface area (Å²) in [7, 11) is 0. The van der Waals surface area contributed by atoms with Crippen molar-refractivity contribution in [2.75, 3.05) is 0 Å². The highest BCUT2D eigenvalue weighted by Gasteiger charge is 2.13. The standard InChI is InChI=1S/C14H16BrF2N3/c1-9(2)18-5-10-6-20(8-19-10)7-11-13(16)4-3-12(15)14(11)17/h3-4,6,8-9,18H,5,7H2,1-2H3. The summed E-state index contributed by atoms with van der Waals surface area (Å²) in [4.78, 5) is 4.21. The number of hydrogen-bond donors (Lipinski definition) is 1. The predicted octanol–water partition coefficient (Wildman–Crippen LogP) is 3.47. The maximum Gasteiger partial charge on any atom is 0.145 e. The molecule has 0 fully saturated rings. The maximum atomic E-state index is 13.9. The van der Waals surface area contributed by atoms with Gasteiger partial charge < -0.3 is 9.88 Å². The van der Waals surface area contributed by atoms with Gasteiger partial charge in [0.2, 0.25) is 0 Å². The molecule has 6 heteroatoms. The van der Waals surface area contributed by atoms with Crippen LogP contribution in [0.15, 0.2) is 29.1 Å². The first-order valence-electron chi connectivity index (χ1n) is 6.33. The van der Waals surface area contributed by atoms with E-state index >= 15 is 0 Å². The smallest absolute Gasteiger partial charge is 0.145 e. The van der Waals surface area contributed by atoms with Crippen molar-refractivity contribution in [3.63, 3.8) is 0 Å². The van der Waals surface area contributed by atoms with E-state index in [0.29, 0.717) is 12.6 Å². The minimum Gasteiger partial charge on any atom is -0.333 e. The molecule has 0 amide bonds. The highest BCUT2D eigenvalue weighted by molar-refractivity contribution is 9.10. The van der Waals surface area contributed by atoms with E-state index in [9.17, 15) is 8.78 Å². The second kappa shape index (κ2) is 6.45. The monoisotopic (exact) mass is 343 g/mol. The quantitative estimate of drug-likeness (QED) is 0.842. The number of benzene rings is 1. The molecule has 0 aliphatic heterocycles. The lowest BCUT2D eigenvalue weighted by Gasteiger charge is -2.07. The fourth-order valence-electron chi connectivity index (χ4n) is 1.79. The van der Waals surface area contributed by atoms with Crippen LogP contribution in [0.1, 0.15) is 25.1 Å². The van der Waals surface area contributed by atoms with Crippen LogP contribution in [-0.2, 0) is 13.1 Å². The van der Waals surface area contributed by atoms with Crippen molar-refractivity contribution in [1.29, 1.82) is 0 Å². The minimum atomic E-state index is -0.569. The molecule has 0 atom stereocenters. The number of nitrogens with zero attached hydrogens (tertiary/aromatic N) is 2. The Bertz CT molecular complexity index is 596. The lowest BCUT2D eigenvalue weighted by molar-refractivity contribution is 0.540. The Morgan fingerprint density at radius 3 is 2.80 bits per heavy atom. The van der Waals surface area contributed by atoms with Crippen LogP contribution in [-0.4, -0.2) is 15.6 Å². The fraction of sp³-hybridized carbons (Fsp3) is 0.357. The molecular formula is C14H16BrF2N3. The van der Waals surface area contributed by atoms with Crippen molar-refractivity contribution >= 4 is 15.9 Å². The molecule has 108 valence electrons. The lowest BCUT2D eigenvalue weighted by Crippen LogP contribution is -2.21. The van der Waals surface area contributed by atoms with Gasteiger partial charge in [-0.15, -0.1) is 0 Å². The summed E-state index contributed by atoms with van der Waals surface area (Å²) in [6, 6.07) is 2.97. The van der Waals surface area contributed by atoms with Crippen molar-refractivity contribution in [3.8, 4) is 0 Å². The van der Waals surface area contributed by atoms with E-state index in [1.54, 1.807) is 17.1 Å².